The first-order valence-electron chi connectivity index (χ1n) is 3.98. The highest BCUT2D eigenvalue weighted by Gasteiger charge is 2.18. The van der Waals surface area contributed by atoms with Crippen molar-refractivity contribution in [2.24, 2.45) is 0 Å². The maximum Gasteiger partial charge on any atom is 0.230 e. The molecule has 0 saturated carbocycles. The smallest absolute Gasteiger partial charge is 0.230 e. The third-order valence-corrected chi connectivity index (χ3v) is 2.23. The lowest BCUT2D eigenvalue weighted by atomic mass is 10.1. The molecule has 0 aliphatic carbocycles. The van der Waals surface area contributed by atoms with Crippen LogP contribution in [-0.2, 0) is 0 Å². The Hall–Kier alpha value is -1.75. The van der Waals surface area contributed by atoms with Crippen molar-refractivity contribution >= 4 is 17.5 Å². The highest BCUT2D eigenvalue weighted by molar-refractivity contribution is 6.31. The van der Waals surface area contributed by atoms with E-state index < -0.39 is 5.82 Å². The fourth-order valence-corrected chi connectivity index (χ4v) is 1.39. The minimum atomic E-state index is -0.758. The number of phenolic OH excluding ortho intramolecular Hbond substituents is 1. The molecule has 0 amide bonds. The molecule has 1 heterocycles. The second-order valence-corrected chi connectivity index (χ2v) is 3.27. The second kappa shape index (κ2) is 3.43. The topological polar surface area (TPSA) is 72.3 Å². The molecule has 0 saturated heterocycles. The third-order valence-electron chi connectivity index (χ3n) is 1.94. The predicted molar refractivity (Wildman–Crippen MR) is 53.0 cm³/mol. The van der Waals surface area contributed by atoms with E-state index in [9.17, 15) is 9.50 Å². The number of nitrogen functional groups attached to an aromatic ring is 1. The Labute approximate surface area is 89.1 Å². The van der Waals surface area contributed by atoms with Gasteiger partial charge in [0.1, 0.15) is 5.75 Å². The van der Waals surface area contributed by atoms with Crippen LogP contribution in [-0.4, -0.2) is 10.3 Å². The van der Waals surface area contributed by atoms with Gasteiger partial charge in [-0.2, -0.15) is 0 Å². The molecule has 4 nitrogen and oxygen atoms in total. The molecule has 0 fully saturated rings. The summed E-state index contributed by atoms with van der Waals surface area (Å²) in [5, 5.41) is 12.8. The number of phenols is 1. The number of rotatable bonds is 1. The number of nitrogens with two attached hydrogens (primary N) is 1. The SMILES string of the molecule is Nc1oncc1-c1c(O)ccc(Cl)c1F. The maximum absolute atomic E-state index is 13.6. The van der Waals surface area contributed by atoms with Crippen LogP contribution in [0.4, 0.5) is 10.3 Å². The summed E-state index contributed by atoms with van der Waals surface area (Å²) in [6, 6.07) is 2.52. The minimum absolute atomic E-state index is 0.0773. The predicted octanol–water partition coefficient (Wildman–Crippen LogP) is 2.42. The van der Waals surface area contributed by atoms with E-state index in [4.69, 9.17) is 17.3 Å². The van der Waals surface area contributed by atoms with Gasteiger partial charge in [-0.3, -0.25) is 0 Å². The molecule has 1 aromatic heterocycles. The number of aromatic nitrogens is 1. The molecule has 0 spiro atoms. The zero-order valence-corrected chi connectivity index (χ0v) is 8.12. The molecule has 1 aromatic carbocycles. The van der Waals surface area contributed by atoms with Crippen LogP contribution in [0.1, 0.15) is 0 Å². The minimum Gasteiger partial charge on any atom is -0.507 e. The molecule has 0 aliphatic rings. The van der Waals surface area contributed by atoms with Crippen molar-refractivity contribution in [2.75, 3.05) is 5.73 Å². The number of anilines is 1. The van der Waals surface area contributed by atoms with Crippen molar-refractivity contribution in [3.05, 3.63) is 29.2 Å². The fourth-order valence-electron chi connectivity index (χ4n) is 1.23. The average Bonchev–Trinajstić information content (AvgIpc) is 2.60. The Kier molecular flexibility index (Phi) is 2.24. The molecule has 0 unspecified atom stereocenters. The van der Waals surface area contributed by atoms with Crippen LogP contribution in [0.25, 0.3) is 11.1 Å². The zero-order valence-electron chi connectivity index (χ0n) is 7.37. The van der Waals surface area contributed by atoms with Gasteiger partial charge in [0, 0.05) is 0 Å². The molecule has 0 atom stereocenters. The molecular weight excluding hydrogens is 223 g/mol. The number of hydrogen-bond acceptors (Lipinski definition) is 4. The van der Waals surface area contributed by atoms with E-state index in [2.05, 4.69) is 9.68 Å². The first kappa shape index (κ1) is 9.79. The van der Waals surface area contributed by atoms with E-state index in [1.165, 1.54) is 18.3 Å². The van der Waals surface area contributed by atoms with Gasteiger partial charge in [-0.05, 0) is 12.1 Å². The highest BCUT2D eigenvalue weighted by Crippen LogP contribution is 2.37. The van der Waals surface area contributed by atoms with Crippen LogP contribution in [0.3, 0.4) is 0 Å². The molecule has 6 heteroatoms. The largest absolute Gasteiger partial charge is 0.507 e. The van der Waals surface area contributed by atoms with Gasteiger partial charge in [-0.1, -0.05) is 16.8 Å². The van der Waals surface area contributed by atoms with Crippen LogP contribution >= 0.6 is 11.6 Å². The Morgan fingerprint density at radius 3 is 2.80 bits per heavy atom. The number of aromatic hydroxyl groups is 1. The standard InChI is InChI=1S/C9H6ClFN2O2/c10-5-1-2-6(14)7(8(5)11)4-3-13-15-9(4)12/h1-3,14H,12H2. The van der Waals surface area contributed by atoms with Crippen LogP contribution in [0.2, 0.25) is 5.02 Å². The molecule has 0 radical (unpaired) electrons. The summed E-state index contributed by atoms with van der Waals surface area (Å²) in [4.78, 5) is 0. The zero-order chi connectivity index (χ0) is 11.0. The van der Waals surface area contributed by atoms with E-state index in [0.717, 1.165) is 0 Å². The first-order chi connectivity index (χ1) is 7.11. The van der Waals surface area contributed by atoms with Crippen molar-refractivity contribution in [3.63, 3.8) is 0 Å². The summed E-state index contributed by atoms with van der Waals surface area (Å²) in [6.07, 6.45) is 1.21. The lowest BCUT2D eigenvalue weighted by Crippen LogP contribution is -1.90. The van der Waals surface area contributed by atoms with Crippen LogP contribution in [0.15, 0.2) is 22.9 Å². The van der Waals surface area contributed by atoms with Crippen molar-refractivity contribution in [2.45, 2.75) is 0 Å². The molecule has 15 heavy (non-hydrogen) atoms. The number of nitrogens with zero attached hydrogens (tertiary/aromatic N) is 1. The number of benzene rings is 1. The van der Waals surface area contributed by atoms with Crippen molar-refractivity contribution in [1.29, 1.82) is 0 Å². The second-order valence-electron chi connectivity index (χ2n) is 2.86. The van der Waals surface area contributed by atoms with Gasteiger partial charge < -0.3 is 15.4 Å². The van der Waals surface area contributed by atoms with E-state index in [-0.39, 0.29) is 27.8 Å². The summed E-state index contributed by atoms with van der Waals surface area (Å²) in [5.41, 5.74) is 5.47. The van der Waals surface area contributed by atoms with Gasteiger partial charge in [-0.25, -0.2) is 4.39 Å². The van der Waals surface area contributed by atoms with E-state index in [0.29, 0.717) is 0 Å². The normalized spacial score (nSPS) is 10.5. The van der Waals surface area contributed by atoms with E-state index in [1.807, 2.05) is 0 Å². The van der Waals surface area contributed by atoms with Gasteiger partial charge in [0.15, 0.2) is 5.82 Å². The summed E-state index contributed by atoms with van der Waals surface area (Å²) >= 11 is 5.58. The Morgan fingerprint density at radius 2 is 2.20 bits per heavy atom. The molecule has 78 valence electrons. The van der Waals surface area contributed by atoms with Gasteiger partial charge in [0.2, 0.25) is 5.88 Å². The summed E-state index contributed by atoms with van der Waals surface area (Å²) in [7, 11) is 0. The maximum atomic E-state index is 13.6. The molecule has 2 rings (SSSR count). The van der Waals surface area contributed by atoms with Crippen molar-refractivity contribution < 1.29 is 14.0 Å². The van der Waals surface area contributed by atoms with Crippen LogP contribution < -0.4 is 5.73 Å². The van der Waals surface area contributed by atoms with Gasteiger partial charge >= 0.3 is 0 Å². The van der Waals surface area contributed by atoms with Crippen LogP contribution in [0, 0.1) is 5.82 Å². The van der Waals surface area contributed by atoms with E-state index in [1.54, 1.807) is 0 Å². The molecule has 3 N–H and O–H groups in total. The van der Waals surface area contributed by atoms with Crippen molar-refractivity contribution in [1.82, 2.24) is 5.16 Å². The third kappa shape index (κ3) is 1.50. The summed E-state index contributed by atoms with van der Waals surface area (Å²) in [6.45, 7) is 0. The van der Waals surface area contributed by atoms with Gasteiger partial charge in [0.25, 0.3) is 0 Å². The quantitative estimate of drug-likeness (QED) is 0.786. The van der Waals surface area contributed by atoms with Gasteiger partial charge in [-0.15, -0.1) is 0 Å². The Morgan fingerprint density at radius 1 is 1.47 bits per heavy atom. The first-order valence-corrected chi connectivity index (χ1v) is 4.36. The summed E-state index contributed by atoms with van der Waals surface area (Å²) < 4.78 is 18.2. The lowest BCUT2D eigenvalue weighted by Gasteiger charge is -2.04. The summed E-state index contributed by atoms with van der Waals surface area (Å²) in [5.74, 6) is -1.11. The Bertz CT molecular complexity index is 513. The molecule has 0 aliphatic heterocycles. The van der Waals surface area contributed by atoms with Crippen molar-refractivity contribution in [3.8, 4) is 16.9 Å². The average molecular weight is 229 g/mol. The van der Waals surface area contributed by atoms with Crippen LogP contribution in [0.5, 0.6) is 5.75 Å². The monoisotopic (exact) mass is 228 g/mol. The fraction of sp³-hybridized carbons (Fsp3) is 0. The number of halogens is 2. The number of hydrogen-bond donors (Lipinski definition) is 2. The molecule has 2 aromatic rings. The lowest BCUT2D eigenvalue weighted by molar-refractivity contribution is 0.436. The highest BCUT2D eigenvalue weighted by atomic mass is 35.5. The molecular formula is C9H6ClFN2O2. The van der Waals surface area contributed by atoms with Gasteiger partial charge in [0.05, 0.1) is 22.3 Å². The molecule has 0 bridgehead atoms. The van der Waals surface area contributed by atoms with E-state index >= 15 is 0 Å². The Balaban J connectivity index is 2.72.